The van der Waals surface area contributed by atoms with E-state index in [0.29, 0.717) is 17.8 Å². The number of thiophene rings is 1. The number of aromatic nitrogens is 4. The second kappa shape index (κ2) is 7.85. The first-order valence-corrected chi connectivity index (χ1v) is 12.1. The quantitative estimate of drug-likeness (QED) is 0.624. The molecule has 0 radical (unpaired) electrons. The third-order valence-electron chi connectivity index (χ3n) is 6.92. The first kappa shape index (κ1) is 18.6. The van der Waals surface area contributed by atoms with Crippen molar-refractivity contribution in [2.75, 3.05) is 24.6 Å². The Kier molecular flexibility index (Phi) is 4.88. The van der Waals surface area contributed by atoms with Gasteiger partial charge in [-0.05, 0) is 62.8 Å². The Labute approximate surface area is 180 Å². The molecule has 6 rings (SSSR count). The highest BCUT2D eigenvalue weighted by Gasteiger charge is 2.32. The second-order valence-electron chi connectivity index (χ2n) is 8.73. The molecule has 156 valence electrons. The van der Waals surface area contributed by atoms with Gasteiger partial charge in [-0.2, -0.15) is 0 Å². The summed E-state index contributed by atoms with van der Waals surface area (Å²) in [5, 5.41) is 1.30. The van der Waals surface area contributed by atoms with Crippen molar-refractivity contribution >= 4 is 27.4 Å². The lowest BCUT2D eigenvalue weighted by Crippen LogP contribution is -2.38. The number of piperidine rings is 1. The van der Waals surface area contributed by atoms with Crippen LogP contribution in [0.15, 0.2) is 18.6 Å². The molecular formula is C23H27N5OS. The fourth-order valence-corrected chi connectivity index (χ4v) is 6.61. The van der Waals surface area contributed by atoms with Crippen LogP contribution < -0.4 is 4.90 Å². The fourth-order valence-electron chi connectivity index (χ4n) is 5.35. The van der Waals surface area contributed by atoms with Crippen molar-refractivity contribution < 1.29 is 4.74 Å². The predicted molar refractivity (Wildman–Crippen MR) is 119 cm³/mol. The molecule has 0 bridgehead atoms. The molecule has 0 aromatic carbocycles. The average Bonchev–Trinajstić information content (AvgIpc) is 3.47. The molecule has 3 aromatic heterocycles. The van der Waals surface area contributed by atoms with Crippen LogP contribution in [-0.2, 0) is 17.6 Å². The third-order valence-corrected chi connectivity index (χ3v) is 8.10. The zero-order valence-corrected chi connectivity index (χ0v) is 18.0. The van der Waals surface area contributed by atoms with Crippen molar-refractivity contribution in [3.63, 3.8) is 0 Å². The van der Waals surface area contributed by atoms with Crippen molar-refractivity contribution in [3.8, 4) is 11.5 Å². The lowest BCUT2D eigenvalue weighted by atomic mass is 9.89. The number of hydrogen-bond donors (Lipinski definition) is 0. The van der Waals surface area contributed by atoms with E-state index in [1.807, 2.05) is 11.3 Å². The van der Waals surface area contributed by atoms with Crippen LogP contribution in [0.1, 0.15) is 49.0 Å². The van der Waals surface area contributed by atoms with Gasteiger partial charge in [0.25, 0.3) is 0 Å². The molecule has 30 heavy (non-hydrogen) atoms. The molecule has 1 aliphatic carbocycles. The van der Waals surface area contributed by atoms with Gasteiger partial charge in [0.05, 0.1) is 17.7 Å². The summed E-state index contributed by atoms with van der Waals surface area (Å²) in [6, 6.07) is 0. The van der Waals surface area contributed by atoms with E-state index in [1.54, 1.807) is 18.6 Å². The van der Waals surface area contributed by atoms with Gasteiger partial charge in [0.1, 0.15) is 16.3 Å². The van der Waals surface area contributed by atoms with Crippen molar-refractivity contribution in [3.05, 3.63) is 29.0 Å². The second-order valence-corrected chi connectivity index (χ2v) is 9.81. The summed E-state index contributed by atoms with van der Waals surface area (Å²) in [4.78, 5) is 23.9. The van der Waals surface area contributed by atoms with Gasteiger partial charge < -0.3 is 9.64 Å². The predicted octanol–water partition coefficient (Wildman–Crippen LogP) is 4.42. The van der Waals surface area contributed by atoms with Crippen LogP contribution in [0.2, 0.25) is 0 Å². The Hall–Kier alpha value is -2.12. The summed E-state index contributed by atoms with van der Waals surface area (Å²) >= 11 is 1.86. The molecule has 7 heteroatoms. The minimum Gasteiger partial charge on any atom is -0.378 e. The van der Waals surface area contributed by atoms with Crippen molar-refractivity contribution in [1.82, 2.24) is 19.9 Å². The number of aryl methyl sites for hydroxylation is 2. The maximum atomic E-state index is 5.98. The topological polar surface area (TPSA) is 64.0 Å². The number of nitrogens with zero attached hydrogens (tertiary/aromatic N) is 5. The smallest absolute Gasteiger partial charge is 0.183 e. The Morgan fingerprint density at radius 1 is 1.00 bits per heavy atom. The number of hydrogen-bond acceptors (Lipinski definition) is 7. The van der Waals surface area contributed by atoms with E-state index in [4.69, 9.17) is 14.7 Å². The maximum Gasteiger partial charge on any atom is 0.183 e. The van der Waals surface area contributed by atoms with Crippen molar-refractivity contribution in [1.29, 1.82) is 0 Å². The van der Waals surface area contributed by atoms with Gasteiger partial charge in [-0.1, -0.05) is 0 Å². The molecule has 2 fully saturated rings. The summed E-state index contributed by atoms with van der Waals surface area (Å²) in [6.07, 6.45) is 15.4. The minimum absolute atomic E-state index is 0.474. The molecule has 2 aliphatic heterocycles. The number of anilines is 1. The molecule has 0 saturated carbocycles. The molecule has 0 amide bonds. The van der Waals surface area contributed by atoms with E-state index in [-0.39, 0.29) is 0 Å². The van der Waals surface area contributed by atoms with Crippen LogP contribution in [-0.4, -0.2) is 45.7 Å². The Morgan fingerprint density at radius 3 is 2.70 bits per heavy atom. The zero-order valence-electron chi connectivity index (χ0n) is 17.2. The zero-order chi connectivity index (χ0) is 19.9. The van der Waals surface area contributed by atoms with Crippen molar-refractivity contribution in [2.24, 2.45) is 5.92 Å². The van der Waals surface area contributed by atoms with E-state index in [1.165, 1.54) is 60.8 Å². The molecule has 3 aromatic rings. The summed E-state index contributed by atoms with van der Waals surface area (Å²) in [7, 11) is 0. The molecule has 5 heterocycles. The lowest BCUT2D eigenvalue weighted by molar-refractivity contribution is 0.0531. The molecule has 1 unspecified atom stereocenters. The van der Waals surface area contributed by atoms with Gasteiger partial charge in [-0.25, -0.2) is 15.0 Å². The maximum absolute atomic E-state index is 5.98. The highest BCUT2D eigenvalue weighted by atomic mass is 32.1. The summed E-state index contributed by atoms with van der Waals surface area (Å²) < 4.78 is 5.98. The molecule has 0 spiro atoms. The molecule has 1 atom stereocenters. The number of rotatable bonds is 3. The molecule has 2 saturated heterocycles. The van der Waals surface area contributed by atoms with E-state index < -0.39 is 0 Å². The fraction of sp³-hybridized carbons (Fsp3) is 0.565. The number of ether oxygens (including phenoxy) is 1. The first-order valence-electron chi connectivity index (χ1n) is 11.3. The van der Waals surface area contributed by atoms with Crippen LogP contribution in [0.5, 0.6) is 0 Å². The normalized spacial score (nSPS) is 22.5. The summed E-state index contributed by atoms with van der Waals surface area (Å²) in [6.45, 7) is 3.03. The summed E-state index contributed by atoms with van der Waals surface area (Å²) in [5.74, 6) is 2.51. The molecule has 6 nitrogen and oxygen atoms in total. The minimum atomic E-state index is 0.474. The largest absolute Gasteiger partial charge is 0.378 e. The van der Waals surface area contributed by atoms with E-state index in [0.717, 1.165) is 42.5 Å². The Morgan fingerprint density at radius 2 is 1.90 bits per heavy atom. The monoisotopic (exact) mass is 421 g/mol. The Bertz CT molecular complexity index is 1040. The summed E-state index contributed by atoms with van der Waals surface area (Å²) in [5.41, 5.74) is 2.25. The first-order chi connectivity index (χ1) is 14.9. The van der Waals surface area contributed by atoms with Crippen LogP contribution in [0.25, 0.3) is 21.7 Å². The molecule has 0 N–H and O–H groups in total. The standard InChI is InChI=1S/C23H27N5OS/c1-2-6-19-16(4-1)20-22(28-11-7-15(8-12-28)18-5-3-13-29-18)26-21(27-23(20)30-19)17-14-24-9-10-25-17/h9-10,14-15,18H,1-8,11-13H2. The molecular weight excluding hydrogens is 394 g/mol. The van der Waals surface area contributed by atoms with Crippen LogP contribution in [0.3, 0.4) is 0 Å². The van der Waals surface area contributed by atoms with Crippen LogP contribution in [0, 0.1) is 5.92 Å². The van der Waals surface area contributed by atoms with E-state index >= 15 is 0 Å². The van der Waals surface area contributed by atoms with E-state index in [9.17, 15) is 0 Å². The van der Waals surface area contributed by atoms with Crippen molar-refractivity contribution in [2.45, 2.75) is 57.5 Å². The van der Waals surface area contributed by atoms with Gasteiger partial charge in [-0.3, -0.25) is 4.98 Å². The average molecular weight is 422 g/mol. The number of fused-ring (bicyclic) bond motifs is 3. The van der Waals surface area contributed by atoms with Gasteiger partial charge in [0, 0.05) is 37.0 Å². The van der Waals surface area contributed by atoms with Gasteiger partial charge in [0.15, 0.2) is 5.82 Å². The van der Waals surface area contributed by atoms with Gasteiger partial charge >= 0.3 is 0 Å². The SMILES string of the molecule is c1cnc(-c2nc(N3CCC(C4CCCO4)CC3)c3c4c(sc3n2)CCCC4)cn1. The van der Waals surface area contributed by atoms with Crippen LogP contribution >= 0.6 is 11.3 Å². The highest BCUT2D eigenvalue weighted by molar-refractivity contribution is 7.19. The third kappa shape index (κ3) is 3.28. The van der Waals surface area contributed by atoms with Crippen LogP contribution in [0.4, 0.5) is 5.82 Å². The van der Waals surface area contributed by atoms with E-state index in [2.05, 4.69) is 14.9 Å². The van der Waals surface area contributed by atoms with Gasteiger partial charge in [-0.15, -0.1) is 11.3 Å². The molecule has 3 aliphatic rings. The lowest BCUT2D eigenvalue weighted by Gasteiger charge is -2.35. The van der Waals surface area contributed by atoms with Gasteiger partial charge in [0.2, 0.25) is 0 Å². The highest BCUT2D eigenvalue weighted by Crippen LogP contribution is 2.41. The Balaban J connectivity index is 1.39.